The highest BCUT2D eigenvalue weighted by Gasteiger charge is 2.48. The van der Waals surface area contributed by atoms with E-state index >= 15 is 0 Å². The minimum atomic E-state index is -0.314. The zero-order chi connectivity index (χ0) is 18.3. The van der Waals surface area contributed by atoms with Gasteiger partial charge in [-0.3, -0.25) is 15.2 Å². The fourth-order valence-corrected chi connectivity index (χ4v) is 4.95. The van der Waals surface area contributed by atoms with E-state index in [0.29, 0.717) is 12.0 Å². The van der Waals surface area contributed by atoms with Crippen LogP contribution in [0.5, 0.6) is 0 Å². The standard InChI is InChI=1S/C22H28N2O2/c1-4-19(23-26-3)21-18(12-17-13-20(25)22(21)24(17)2)16-10-9-14-7-5-6-8-15(14)11-16/h5-11,17-18,20,22-23,25H,4,12-13H2,1-3H3/t17?,18-,20?,22+/m0/s1. The number of hydrogen-bond donors (Lipinski definition) is 2. The third-order valence-electron chi connectivity index (χ3n) is 6.20. The van der Waals surface area contributed by atoms with Gasteiger partial charge < -0.3 is 5.11 Å². The summed E-state index contributed by atoms with van der Waals surface area (Å²) in [5.41, 5.74) is 6.82. The van der Waals surface area contributed by atoms with Crippen LogP contribution in [0.4, 0.5) is 0 Å². The second-order valence-electron chi connectivity index (χ2n) is 7.56. The van der Waals surface area contributed by atoms with E-state index < -0.39 is 0 Å². The lowest BCUT2D eigenvalue weighted by atomic mass is 9.78. The number of allylic oxidation sites excluding steroid dienone is 1. The average Bonchev–Trinajstić information content (AvgIpc) is 2.84. The molecule has 0 saturated carbocycles. The van der Waals surface area contributed by atoms with Crippen LogP contribution in [0.3, 0.4) is 0 Å². The van der Waals surface area contributed by atoms with Gasteiger partial charge in [-0.25, -0.2) is 0 Å². The number of aliphatic hydroxyl groups is 1. The van der Waals surface area contributed by atoms with E-state index in [2.05, 4.69) is 66.8 Å². The highest BCUT2D eigenvalue weighted by Crippen LogP contribution is 2.47. The van der Waals surface area contributed by atoms with E-state index in [0.717, 1.165) is 25.0 Å². The van der Waals surface area contributed by atoms with Gasteiger partial charge in [-0.15, -0.1) is 0 Å². The lowest BCUT2D eigenvalue weighted by molar-refractivity contribution is 0.101. The number of nitrogens with one attached hydrogen (secondary N) is 1. The number of likely N-dealkylation sites (N-methyl/N-ethyl adjacent to an activating group) is 1. The van der Waals surface area contributed by atoms with E-state index in [-0.39, 0.29) is 12.1 Å². The van der Waals surface area contributed by atoms with Crippen molar-refractivity contribution in [2.75, 3.05) is 14.2 Å². The molecule has 138 valence electrons. The zero-order valence-electron chi connectivity index (χ0n) is 15.8. The molecule has 2 bridgehead atoms. The van der Waals surface area contributed by atoms with Gasteiger partial charge in [-0.05, 0) is 48.2 Å². The fraction of sp³-hybridized carbons (Fsp3) is 0.455. The second-order valence-corrected chi connectivity index (χ2v) is 7.56. The number of nitrogens with zero attached hydrogens (tertiary/aromatic N) is 1. The molecule has 2 aromatic rings. The van der Waals surface area contributed by atoms with Crippen LogP contribution in [0.2, 0.25) is 0 Å². The van der Waals surface area contributed by atoms with Gasteiger partial charge >= 0.3 is 0 Å². The predicted molar refractivity (Wildman–Crippen MR) is 105 cm³/mol. The van der Waals surface area contributed by atoms with Gasteiger partial charge in [-0.2, -0.15) is 0 Å². The minimum Gasteiger partial charge on any atom is -0.391 e. The maximum absolute atomic E-state index is 10.7. The molecule has 2 aliphatic rings. The molecule has 4 rings (SSSR count). The zero-order valence-corrected chi connectivity index (χ0v) is 15.8. The monoisotopic (exact) mass is 352 g/mol. The number of hydrogen-bond acceptors (Lipinski definition) is 4. The van der Waals surface area contributed by atoms with E-state index in [1.165, 1.54) is 21.9 Å². The number of hydroxylamine groups is 1. The summed E-state index contributed by atoms with van der Waals surface area (Å²) in [6.07, 6.45) is 2.42. The van der Waals surface area contributed by atoms with Gasteiger partial charge in [0, 0.05) is 17.7 Å². The van der Waals surface area contributed by atoms with E-state index in [9.17, 15) is 5.11 Å². The molecule has 0 aliphatic carbocycles. The predicted octanol–water partition coefficient (Wildman–Crippen LogP) is 3.58. The molecule has 0 aromatic heterocycles. The van der Waals surface area contributed by atoms with Gasteiger partial charge in [0.1, 0.15) is 0 Å². The lowest BCUT2D eigenvalue weighted by Gasteiger charge is -2.40. The smallest absolute Gasteiger partial charge is 0.0749 e. The van der Waals surface area contributed by atoms with Crippen molar-refractivity contribution in [1.29, 1.82) is 0 Å². The quantitative estimate of drug-likeness (QED) is 0.826. The second kappa shape index (κ2) is 7.03. The van der Waals surface area contributed by atoms with Crippen molar-refractivity contribution < 1.29 is 9.94 Å². The highest BCUT2D eigenvalue weighted by molar-refractivity contribution is 5.83. The summed E-state index contributed by atoms with van der Waals surface area (Å²) in [7, 11) is 3.80. The lowest BCUT2D eigenvalue weighted by Crippen LogP contribution is -2.45. The topological polar surface area (TPSA) is 44.7 Å². The maximum Gasteiger partial charge on any atom is 0.0749 e. The van der Waals surface area contributed by atoms with Crippen molar-refractivity contribution in [2.45, 2.75) is 50.3 Å². The first-order chi connectivity index (χ1) is 12.6. The third-order valence-corrected chi connectivity index (χ3v) is 6.20. The van der Waals surface area contributed by atoms with Crippen LogP contribution in [0, 0.1) is 0 Å². The van der Waals surface area contributed by atoms with Gasteiger partial charge in [-0.1, -0.05) is 49.4 Å². The first-order valence-corrected chi connectivity index (χ1v) is 9.54. The average molecular weight is 352 g/mol. The summed E-state index contributed by atoms with van der Waals surface area (Å²) < 4.78 is 0. The first-order valence-electron chi connectivity index (χ1n) is 9.54. The molecular weight excluding hydrogens is 324 g/mol. The summed E-state index contributed by atoms with van der Waals surface area (Å²) in [6.45, 7) is 2.14. The van der Waals surface area contributed by atoms with Crippen LogP contribution in [0.1, 0.15) is 37.7 Å². The molecule has 2 aromatic carbocycles. The van der Waals surface area contributed by atoms with Gasteiger partial charge in [0.15, 0.2) is 0 Å². The van der Waals surface area contributed by atoms with Crippen LogP contribution in [0.25, 0.3) is 10.8 Å². The van der Waals surface area contributed by atoms with Crippen molar-refractivity contribution in [1.82, 2.24) is 10.4 Å². The van der Waals surface area contributed by atoms with E-state index in [4.69, 9.17) is 4.84 Å². The van der Waals surface area contributed by atoms with Crippen LogP contribution >= 0.6 is 0 Å². The van der Waals surface area contributed by atoms with E-state index in [1.807, 2.05) is 0 Å². The van der Waals surface area contributed by atoms with Crippen LogP contribution in [0.15, 0.2) is 53.7 Å². The van der Waals surface area contributed by atoms with Gasteiger partial charge in [0.2, 0.25) is 0 Å². The Morgan fingerprint density at radius 3 is 2.69 bits per heavy atom. The maximum atomic E-state index is 10.7. The Labute approximate surface area is 155 Å². The molecule has 4 nitrogen and oxygen atoms in total. The molecule has 4 heteroatoms. The number of rotatable bonds is 4. The van der Waals surface area contributed by atoms with E-state index in [1.54, 1.807) is 7.11 Å². The molecule has 2 N–H and O–H groups in total. The molecule has 2 fully saturated rings. The Balaban J connectivity index is 1.84. The number of benzene rings is 2. The SMILES string of the molecule is CCC(NOC)=C1[C@H](c2ccc3ccccc3c2)CC2CC(O)[C@H]1N2C. The van der Waals surface area contributed by atoms with Gasteiger partial charge in [0.25, 0.3) is 0 Å². The van der Waals surface area contributed by atoms with Crippen molar-refractivity contribution in [3.63, 3.8) is 0 Å². The summed E-state index contributed by atoms with van der Waals surface area (Å²) in [5.74, 6) is 0.306. The molecule has 4 atom stereocenters. The van der Waals surface area contributed by atoms with Crippen LogP contribution in [-0.2, 0) is 4.84 Å². The molecular formula is C22H28N2O2. The molecule has 2 heterocycles. The molecule has 2 unspecified atom stereocenters. The Kier molecular flexibility index (Phi) is 4.74. The molecule has 2 saturated heterocycles. The van der Waals surface area contributed by atoms with Crippen molar-refractivity contribution in [2.24, 2.45) is 0 Å². The van der Waals surface area contributed by atoms with Crippen molar-refractivity contribution >= 4 is 10.8 Å². The molecule has 2 aliphatic heterocycles. The summed E-state index contributed by atoms with van der Waals surface area (Å²) in [4.78, 5) is 7.62. The molecule has 0 spiro atoms. The van der Waals surface area contributed by atoms with Crippen molar-refractivity contribution in [3.05, 3.63) is 59.3 Å². The molecule has 0 amide bonds. The first kappa shape index (κ1) is 17.5. The minimum absolute atomic E-state index is 0.0582. The third kappa shape index (κ3) is 2.82. The molecule has 26 heavy (non-hydrogen) atoms. The normalized spacial score (nSPS) is 30.6. The summed E-state index contributed by atoms with van der Waals surface area (Å²) in [5, 5.41) is 13.3. The Morgan fingerprint density at radius 2 is 1.96 bits per heavy atom. The number of piperidine rings is 1. The van der Waals surface area contributed by atoms with Crippen LogP contribution in [-0.4, -0.2) is 42.4 Å². The largest absolute Gasteiger partial charge is 0.391 e. The Morgan fingerprint density at radius 1 is 1.19 bits per heavy atom. The Hall–Kier alpha value is -1.88. The highest BCUT2D eigenvalue weighted by atomic mass is 16.6. The summed E-state index contributed by atoms with van der Waals surface area (Å²) >= 11 is 0. The fourth-order valence-electron chi connectivity index (χ4n) is 4.95. The van der Waals surface area contributed by atoms with Crippen LogP contribution < -0.4 is 5.48 Å². The Bertz CT molecular complexity index is 832. The molecule has 0 radical (unpaired) electrons. The number of aliphatic hydroxyl groups excluding tert-OH is 1. The summed E-state index contributed by atoms with van der Waals surface area (Å²) in [6, 6.07) is 15.8. The van der Waals surface area contributed by atoms with Gasteiger partial charge in [0.05, 0.1) is 19.3 Å². The van der Waals surface area contributed by atoms with Crippen molar-refractivity contribution in [3.8, 4) is 0 Å². The number of fused-ring (bicyclic) bond motifs is 3.